The van der Waals surface area contributed by atoms with Crippen molar-refractivity contribution in [3.63, 3.8) is 0 Å². The average molecular weight is 229 g/mol. The molecule has 1 aromatic heterocycles. The molecule has 0 saturated heterocycles. The first kappa shape index (κ1) is 9.83. The van der Waals surface area contributed by atoms with Gasteiger partial charge in [-0.05, 0) is 6.92 Å². The highest BCUT2D eigenvalue weighted by atomic mass is 35.7. The summed E-state index contributed by atoms with van der Waals surface area (Å²) in [6, 6.07) is 0. The lowest BCUT2D eigenvalue weighted by Gasteiger charge is -1.93. The molecular weight excluding hydrogens is 223 g/mol. The van der Waals surface area contributed by atoms with Gasteiger partial charge in [-0.2, -0.15) is 0 Å². The van der Waals surface area contributed by atoms with Gasteiger partial charge in [0.25, 0.3) is 9.05 Å². The molecule has 4 nitrogen and oxygen atoms in total. The summed E-state index contributed by atoms with van der Waals surface area (Å²) in [5, 5.41) is -0.256. The van der Waals surface area contributed by atoms with E-state index in [1.807, 2.05) is 0 Å². The van der Waals surface area contributed by atoms with Crippen LogP contribution in [0, 0.1) is 6.92 Å². The standard InChI is InChI=1S/C5H6Cl2N2O2S/c1-3-8-5(12(7,10)11)4(6)9(3)2/h1-2H3. The zero-order valence-electron chi connectivity index (χ0n) is 6.38. The summed E-state index contributed by atoms with van der Waals surface area (Å²) in [6.07, 6.45) is 0. The Morgan fingerprint density at radius 2 is 2.00 bits per heavy atom. The Morgan fingerprint density at radius 1 is 1.50 bits per heavy atom. The van der Waals surface area contributed by atoms with E-state index >= 15 is 0 Å². The zero-order chi connectivity index (χ0) is 9.52. The van der Waals surface area contributed by atoms with Crippen LogP contribution in [0.15, 0.2) is 5.03 Å². The minimum atomic E-state index is -3.83. The van der Waals surface area contributed by atoms with E-state index in [9.17, 15) is 8.42 Å². The molecule has 0 amide bonds. The quantitative estimate of drug-likeness (QED) is 0.682. The smallest absolute Gasteiger partial charge is 0.281 e. The lowest BCUT2D eigenvalue weighted by atomic mass is 10.7. The van der Waals surface area contributed by atoms with Gasteiger partial charge in [0.2, 0.25) is 5.03 Å². The number of aromatic nitrogens is 2. The number of nitrogens with zero attached hydrogens (tertiary/aromatic N) is 2. The minimum Gasteiger partial charge on any atom is -0.321 e. The Balaban J connectivity index is 3.48. The molecule has 12 heavy (non-hydrogen) atoms. The fraction of sp³-hybridized carbons (Fsp3) is 0.400. The Morgan fingerprint density at radius 3 is 2.17 bits per heavy atom. The van der Waals surface area contributed by atoms with Gasteiger partial charge >= 0.3 is 0 Å². The summed E-state index contributed by atoms with van der Waals surface area (Å²) in [5.41, 5.74) is 0. The molecular formula is C5H6Cl2N2O2S. The molecule has 0 radical (unpaired) electrons. The van der Waals surface area contributed by atoms with Crippen molar-refractivity contribution >= 4 is 31.3 Å². The minimum absolute atomic E-state index is 0.0301. The van der Waals surface area contributed by atoms with E-state index in [0.717, 1.165) is 0 Å². The highest BCUT2D eigenvalue weighted by Crippen LogP contribution is 2.23. The van der Waals surface area contributed by atoms with Gasteiger partial charge in [-0.15, -0.1) is 0 Å². The predicted molar refractivity (Wildman–Crippen MR) is 46.0 cm³/mol. The van der Waals surface area contributed by atoms with Crippen molar-refractivity contribution in [2.45, 2.75) is 11.9 Å². The van der Waals surface area contributed by atoms with Crippen molar-refractivity contribution in [2.24, 2.45) is 7.05 Å². The van der Waals surface area contributed by atoms with E-state index in [-0.39, 0.29) is 10.2 Å². The van der Waals surface area contributed by atoms with Crippen LogP contribution in [-0.2, 0) is 16.1 Å². The van der Waals surface area contributed by atoms with Crippen LogP contribution in [-0.4, -0.2) is 18.0 Å². The molecule has 0 aliphatic rings. The molecule has 0 N–H and O–H groups in total. The molecule has 68 valence electrons. The molecule has 1 aromatic rings. The second-order valence-electron chi connectivity index (χ2n) is 2.25. The lowest BCUT2D eigenvalue weighted by molar-refractivity contribution is 0.606. The number of halogens is 2. The van der Waals surface area contributed by atoms with Gasteiger partial charge in [-0.1, -0.05) is 11.6 Å². The second kappa shape index (κ2) is 2.90. The van der Waals surface area contributed by atoms with Gasteiger partial charge in [-0.25, -0.2) is 13.4 Å². The molecule has 0 atom stereocenters. The fourth-order valence-corrected chi connectivity index (χ4v) is 2.20. The van der Waals surface area contributed by atoms with Crippen LogP contribution in [0.1, 0.15) is 5.82 Å². The maximum absolute atomic E-state index is 10.8. The maximum Gasteiger partial charge on any atom is 0.281 e. The summed E-state index contributed by atoms with van der Waals surface area (Å²) in [5.74, 6) is 0.499. The topological polar surface area (TPSA) is 52.0 Å². The van der Waals surface area contributed by atoms with Crippen molar-refractivity contribution in [3.8, 4) is 0 Å². The molecule has 1 heterocycles. The molecule has 0 aliphatic carbocycles. The van der Waals surface area contributed by atoms with Crippen molar-refractivity contribution in [3.05, 3.63) is 11.0 Å². The third-order valence-corrected chi connectivity index (χ3v) is 3.18. The summed E-state index contributed by atoms with van der Waals surface area (Å²) >= 11 is 5.64. The molecule has 0 saturated carbocycles. The SMILES string of the molecule is Cc1nc(S(=O)(=O)Cl)c(Cl)n1C. The average Bonchev–Trinajstić information content (AvgIpc) is 2.15. The van der Waals surface area contributed by atoms with E-state index < -0.39 is 9.05 Å². The van der Waals surface area contributed by atoms with Gasteiger partial charge < -0.3 is 4.57 Å². The molecule has 0 aromatic carbocycles. The van der Waals surface area contributed by atoms with Gasteiger partial charge in [0.05, 0.1) is 0 Å². The number of hydrogen-bond acceptors (Lipinski definition) is 3. The molecule has 0 spiro atoms. The fourth-order valence-electron chi connectivity index (χ4n) is 0.709. The van der Waals surface area contributed by atoms with Crippen LogP contribution in [0.4, 0.5) is 0 Å². The number of imidazole rings is 1. The van der Waals surface area contributed by atoms with Crippen LogP contribution >= 0.6 is 22.3 Å². The lowest BCUT2D eigenvalue weighted by Crippen LogP contribution is -1.92. The van der Waals surface area contributed by atoms with Gasteiger partial charge in [0.15, 0.2) is 0 Å². The summed E-state index contributed by atoms with van der Waals surface area (Å²) in [7, 11) is 2.84. The van der Waals surface area contributed by atoms with Gasteiger partial charge in [0.1, 0.15) is 11.0 Å². The van der Waals surface area contributed by atoms with E-state index in [0.29, 0.717) is 5.82 Å². The number of hydrogen-bond donors (Lipinski definition) is 0. The Hall–Kier alpha value is -0.260. The Labute approximate surface area is 79.5 Å². The van der Waals surface area contributed by atoms with Crippen molar-refractivity contribution in [1.82, 2.24) is 9.55 Å². The first-order chi connectivity index (χ1) is 5.34. The molecule has 1 rings (SSSR count). The Kier molecular flexibility index (Phi) is 2.38. The molecule has 7 heteroatoms. The van der Waals surface area contributed by atoms with E-state index in [4.69, 9.17) is 22.3 Å². The van der Waals surface area contributed by atoms with Crippen molar-refractivity contribution in [2.75, 3.05) is 0 Å². The second-order valence-corrected chi connectivity index (χ2v) is 5.09. The summed E-state index contributed by atoms with van der Waals surface area (Å²) < 4.78 is 23.1. The number of rotatable bonds is 1. The van der Waals surface area contributed by atoms with Crippen molar-refractivity contribution < 1.29 is 8.42 Å². The van der Waals surface area contributed by atoms with Crippen LogP contribution in [0.25, 0.3) is 0 Å². The van der Waals surface area contributed by atoms with E-state index in [1.165, 1.54) is 4.57 Å². The van der Waals surface area contributed by atoms with Gasteiger partial charge in [-0.3, -0.25) is 0 Å². The maximum atomic E-state index is 10.8. The van der Waals surface area contributed by atoms with Crippen molar-refractivity contribution in [1.29, 1.82) is 0 Å². The van der Waals surface area contributed by atoms with Gasteiger partial charge in [0, 0.05) is 17.7 Å². The zero-order valence-corrected chi connectivity index (χ0v) is 8.70. The third-order valence-electron chi connectivity index (χ3n) is 1.45. The summed E-state index contributed by atoms with van der Waals surface area (Å²) in [6.45, 7) is 1.64. The molecule has 0 aliphatic heterocycles. The largest absolute Gasteiger partial charge is 0.321 e. The van der Waals surface area contributed by atoms with Crippen LogP contribution in [0.2, 0.25) is 5.15 Å². The molecule has 0 unspecified atom stereocenters. The highest BCUT2D eigenvalue weighted by Gasteiger charge is 2.21. The first-order valence-corrected chi connectivity index (χ1v) is 5.66. The number of aryl methyl sites for hydroxylation is 1. The predicted octanol–water partition coefficient (Wildman–Crippen LogP) is 1.31. The molecule has 0 fully saturated rings. The molecule has 0 bridgehead atoms. The van der Waals surface area contributed by atoms with E-state index in [2.05, 4.69) is 4.98 Å². The monoisotopic (exact) mass is 228 g/mol. The normalized spacial score (nSPS) is 12.0. The first-order valence-electron chi connectivity index (χ1n) is 2.97. The van der Waals surface area contributed by atoms with E-state index in [1.54, 1.807) is 14.0 Å². The van der Waals surface area contributed by atoms with Crippen LogP contribution < -0.4 is 0 Å². The van der Waals surface area contributed by atoms with Crippen LogP contribution in [0.3, 0.4) is 0 Å². The highest BCUT2D eigenvalue weighted by molar-refractivity contribution is 8.13. The van der Waals surface area contributed by atoms with Crippen LogP contribution in [0.5, 0.6) is 0 Å². The summed E-state index contributed by atoms with van der Waals surface area (Å²) in [4.78, 5) is 3.69. The Bertz CT molecular complexity index is 409. The third kappa shape index (κ3) is 1.57.